The van der Waals surface area contributed by atoms with E-state index in [0.29, 0.717) is 5.56 Å². The third kappa shape index (κ3) is 2.16. The number of aromatic nitrogens is 1. The summed E-state index contributed by atoms with van der Waals surface area (Å²) in [5.74, 6) is -0.222. The number of nitro groups is 1. The van der Waals surface area contributed by atoms with Crippen LogP contribution in [0.4, 0.5) is 5.69 Å². The highest BCUT2D eigenvalue weighted by atomic mass is 16.6. The highest BCUT2D eigenvalue weighted by Gasteiger charge is 2.18. The van der Waals surface area contributed by atoms with Crippen LogP contribution < -0.4 is 5.56 Å². The number of pyridine rings is 1. The molecular formula is C10H12N2O4. The third-order valence-corrected chi connectivity index (χ3v) is 2.46. The molecule has 1 aromatic heterocycles. The maximum Gasteiger partial charge on any atom is 0.288 e. The van der Waals surface area contributed by atoms with Crippen molar-refractivity contribution in [2.45, 2.75) is 26.8 Å². The van der Waals surface area contributed by atoms with Crippen molar-refractivity contribution in [2.24, 2.45) is 0 Å². The van der Waals surface area contributed by atoms with Crippen LogP contribution in [0.5, 0.6) is 0 Å². The lowest BCUT2D eigenvalue weighted by Crippen LogP contribution is -2.26. The molecular weight excluding hydrogens is 212 g/mol. The Morgan fingerprint density at radius 2 is 2.12 bits per heavy atom. The van der Waals surface area contributed by atoms with Crippen molar-refractivity contribution in [1.82, 2.24) is 4.57 Å². The molecule has 1 aromatic rings. The first kappa shape index (κ1) is 12.1. The molecule has 0 aliphatic heterocycles. The Balaban J connectivity index is 3.42. The van der Waals surface area contributed by atoms with Crippen molar-refractivity contribution < 1.29 is 9.72 Å². The van der Waals surface area contributed by atoms with Crippen molar-refractivity contribution in [3.05, 3.63) is 38.3 Å². The van der Waals surface area contributed by atoms with E-state index in [4.69, 9.17) is 0 Å². The van der Waals surface area contributed by atoms with Gasteiger partial charge in [-0.1, -0.05) is 0 Å². The van der Waals surface area contributed by atoms with Crippen molar-refractivity contribution in [1.29, 1.82) is 0 Å². The van der Waals surface area contributed by atoms with Crippen LogP contribution in [0.1, 0.15) is 25.5 Å². The van der Waals surface area contributed by atoms with E-state index < -0.39 is 16.5 Å². The zero-order chi connectivity index (χ0) is 12.5. The first-order valence-corrected chi connectivity index (χ1v) is 4.72. The third-order valence-electron chi connectivity index (χ3n) is 2.46. The van der Waals surface area contributed by atoms with Crippen LogP contribution in [-0.4, -0.2) is 15.3 Å². The molecule has 1 rings (SSSR count). The summed E-state index contributed by atoms with van der Waals surface area (Å²) in [6.07, 6.45) is 1.11. The van der Waals surface area contributed by atoms with E-state index in [-0.39, 0.29) is 11.5 Å². The van der Waals surface area contributed by atoms with E-state index in [9.17, 15) is 19.7 Å². The standard InChI is InChI=1S/C10H12N2O4/c1-6-4-10(14)11(7(2)8(3)13)5-9(6)12(15)16/h4-5,7H,1-3H3. The quantitative estimate of drug-likeness (QED) is 0.570. The fourth-order valence-electron chi connectivity index (χ4n) is 1.32. The Kier molecular flexibility index (Phi) is 3.22. The van der Waals surface area contributed by atoms with Gasteiger partial charge in [-0.2, -0.15) is 0 Å². The molecule has 0 fully saturated rings. The van der Waals surface area contributed by atoms with E-state index in [1.54, 1.807) is 0 Å². The van der Waals surface area contributed by atoms with Crippen LogP contribution >= 0.6 is 0 Å². The molecule has 0 saturated heterocycles. The zero-order valence-electron chi connectivity index (χ0n) is 9.26. The molecule has 1 unspecified atom stereocenters. The second-order valence-corrected chi connectivity index (χ2v) is 3.63. The molecule has 0 spiro atoms. The first-order valence-electron chi connectivity index (χ1n) is 4.72. The van der Waals surface area contributed by atoms with Gasteiger partial charge in [-0.3, -0.25) is 24.3 Å². The number of carbonyl (C=O) groups is 1. The summed E-state index contributed by atoms with van der Waals surface area (Å²) in [6, 6.07) is 0.476. The van der Waals surface area contributed by atoms with Gasteiger partial charge >= 0.3 is 0 Å². The maximum atomic E-state index is 11.5. The van der Waals surface area contributed by atoms with Crippen LogP contribution in [0, 0.1) is 17.0 Å². The van der Waals surface area contributed by atoms with Gasteiger partial charge in [0.2, 0.25) is 0 Å². The lowest BCUT2D eigenvalue weighted by atomic mass is 10.2. The molecule has 0 aliphatic rings. The van der Waals surface area contributed by atoms with Crippen molar-refractivity contribution in [2.75, 3.05) is 0 Å². The lowest BCUT2D eigenvalue weighted by molar-refractivity contribution is -0.386. The molecule has 1 heterocycles. The second kappa shape index (κ2) is 4.26. The molecule has 86 valence electrons. The van der Waals surface area contributed by atoms with Crippen molar-refractivity contribution in [3.8, 4) is 0 Å². The number of hydrogen-bond donors (Lipinski definition) is 0. The summed E-state index contributed by atoms with van der Waals surface area (Å²) in [5.41, 5.74) is -0.277. The normalized spacial score (nSPS) is 12.2. The maximum absolute atomic E-state index is 11.5. The predicted octanol–water partition coefficient (Wildman–Crippen LogP) is 1.21. The average Bonchev–Trinajstić information content (AvgIpc) is 2.16. The van der Waals surface area contributed by atoms with Crippen LogP contribution in [0.3, 0.4) is 0 Å². The monoisotopic (exact) mass is 224 g/mol. The van der Waals surface area contributed by atoms with E-state index in [2.05, 4.69) is 0 Å². The highest BCUT2D eigenvalue weighted by Crippen LogP contribution is 2.16. The van der Waals surface area contributed by atoms with Gasteiger partial charge in [0.15, 0.2) is 5.78 Å². The second-order valence-electron chi connectivity index (χ2n) is 3.63. The Morgan fingerprint density at radius 1 is 1.56 bits per heavy atom. The molecule has 0 saturated carbocycles. The van der Waals surface area contributed by atoms with Gasteiger partial charge in [0.05, 0.1) is 17.2 Å². The molecule has 0 aromatic carbocycles. The first-order chi connectivity index (χ1) is 7.34. The number of ketones is 1. The van der Waals surface area contributed by atoms with Crippen LogP contribution in [-0.2, 0) is 4.79 Å². The molecule has 1 atom stereocenters. The summed E-state index contributed by atoms with van der Waals surface area (Å²) in [6.45, 7) is 4.36. The molecule has 0 amide bonds. The summed E-state index contributed by atoms with van der Waals surface area (Å²) in [4.78, 5) is 32.8. The van der Waals surface area contributed by atoms with Crippen LogP contribution in [0.15, 0.2) is 17.1 Å². The molecule has 0 aliphatic carbocycles. The van der Waals surface area contributed by atoms with Gasteiger partial charge in [0, 0.05) is 11.6 Å². The van der Waals surface area contributed by atoms with Gasteiger partial charge in [0.1, 0.15) is 0 Å². The van der Waals surface area contributed by atoms with Gasteiger partial charge in [-0.25, -0.2) is 0 Å². The highest BCUT2D eigenvalue weighted by molar-refractivity contribution is 5.79. The lowest BCUT2D eigenvalue weighted by Gasteiger charge is -2.11. The molecule has 16 heavy (non-hydrogen) atoms. The fraction of sp³-hybridized carbons (Fsp3) is 0.400. The minimum atomic E-state index is -0.688. The number of Topliss-reactive ketones (excluding diaryl/α,β-unsaturated/α-hetero) is 1. The van der Waals surface area contributed by atoms with Crippen molar-refractivity contribution >= 4 is 11.5 Å². The minimum absolute atomic E-state index is 0.160. The topological polar surface area (TPSA) is 82.2 Å². The predicted molar refractivity (Wildman–Crippen MR) is 57.5 cm³/mol. The smallest absolute Gasteiger partial charge is 0.288 e. The van der Waals surface area contributed by atoms with Crippen LogP contribution in [0.25, 0.3) is 0 Å². The van der Waals surface area contributed by atoms with Crippen LogP contribution in [0.2, 0.25) is 0 Å². The average molecular weight is 224 g/mol. The van der Waals surface area contributed by atoms with Crippen molar-refractivity contribution in [3.63, 3.8) is 0 Å². The van der Waals surface area contributed by atoms with E-state index >= 15 is 0 Å². The SMILES string of the molecule is CC(=O)C(C)n1cc([N+](=O)[O-])c(C)cc1=O. The van der Waals surface area contributed by atoms with Gasteiger partial charge < -0.3 is 0 Å². The molecule has 0 bridgehead atoms. The van der Waals surface area contributed by atoms with E-state index in [0.717, 1.165) is 16.8 Å². The number of carbonyl (C=O) groups excluding carboxylic acids is 1. The molecule has 0 radical (unpaired) electrons. The van der Waals surface area contributed by atoms with Gasteiger partial charge in [0.25, 0.3) is 11.2 Å². The zero-order valence-corrected chi connectivity index (χ0v) is 9.26. The summed E-state index contributed by atoms with van der Waals surface area (Å²) >= 11 is 0. The number of hydrogen-bond acceptors (Lipinski definition) is 4. The summed E-state index contributed by atoms with van der Waals surface area (Å²) in [7, 11) is 0. The van der Waals surface area contributed by atoms with Gasteiger partial charge in [-0.05, 0) is 20.8 Å². The van der Waals surface area contributed by atoms with E-state index in [1.807, 2.05) is 0 Å². The largest absolute Gasteiger partial charge is 0.298 e. The Bertz CT molecular complexity index is 504. The molecule has 6 heteroatoms. The summed E-state index contributed by atoms with van der Waals surface area (Å²) in [5, 5.41) is 10.7. The Hall–Kier alpha value is -1.98. The Labute approximate surface area is 91.7 Å². The fourth-order valence-corrected chi connectivity index (χ4v) is 1.32. The number of rotatable bonds is 3. The number of aryl methyl sites for hydroxylation is 1. The Morgan fingerprint density at radius 3 is 2.56 bits per heavy atom. The minimum Gasteiger partial charge on any atom is -0.298 e. The molecule has 6 nitrogen and oxygen atoms in total. The summed E-state index contributed by atoms with van der Waals surface area (Å²) < 4.78 is 1.08. The van der Waals surface area contributed by atoms with Gasteiger partial charge in [-0.15, -0.1) is 0 Å². The molecule has 0 N–H and O–H groups in total. The van der Waals surface area contributed by atoms with E-state index in [1.165, 1.54) is 20.8 Å². The number of nitrogens with zero attached hydrogens (tertiary/aromatic N) is 2.